The minimum absolute atomic E-state index is 0.0219. The molecule has 0 saturated carbocycles. The predicted molar refractivity (Wildman–Crippen MR) is 78.2 cm³/mol. The second-order valence-electron chi connectivity index (χ2n) is 6.97. The second kappa shape index (κ2) is 5.91. The number of halogens is 1. The highest BCUT2D eigenvalue weighted by atomic mass is 19.1. The molecule has 19 heavy (non-hydrogen) atoms. The van der Waals surface area contributed by atoms with Gasteiger partial charge < -0.3 is 10.1 Å². The Bertz CT molecular complexity index is 421. The molecule has 0 aliphatic heterocycles. The molecule has 0 heterocycles. The fourth-order valence-electron chi connectivity index (χ4n) is 1.60. The molecular formula is C16H26FNO. The van der Waals surface area contributed by atoms with Crippen LogP contribution in [0.1, 0.15) is 40.2 Å². The van der Waals surface area contributed by atoms with Crippen molar-refractivity contribution >= 4 is 0 Å². The number of aryl methyl sites for hydroxylation is 1. The standard InChI is InChI=1S/C16H26FNO/c1-12-9-13(17)7-8-14(12)19-11-16(5,6)10-18-15(2,3)4/h7-9,18H,10-11H2,1-6H3. The quantitative estimate of drug-likeness (QED) is 0.873. The van der Waals surface area contributed by atoms with Crippen LogP contribution in [0.15, 0.2) is 18.2 Å². The smallest absolute Gasteiger partial charge is 0.123 e. The van der Waals surface area contributed by atoms with Gasteiger partial charge in [0, 0.05) is 17.5 Å². The van der Waals surface area contributed by atoms with E-state index in [1.807, 2.05) is 6.92 Å². The maximum Gasteiger partial charge on any atom is 0.123 e. The average Bonchev–Trinajstić information content (AvgIpc) is 2.25. The molecule has 1 rings (SSSR count). The second-order valence-corrected chi connectivity index (χ2v) is 6.97. The van der Waals surface area contributed by atoms with Crippen molar-refractivity contribution in [2.45, 2.75) is 47.1 Å². The van der Waals surface area contributed by atoms with Crippen LogP contribution in [-0.4, -0.2) is 18.7 Å². The van der Waals surface area contributed by atoms with Crippen LogP contribution >= 0.6 is 0 Å². The molecule has 0 radical (unpaired) electrons. The third kappa shape index (κ3) is 6.06. The molecular weight excluding hydrogens is 241 g/mol. The van der Waals surface area contributed by atoms with E-state index in [0.29, 0.717) is 6.61 Å². The fraction of sp³-hybridized carbons (Fsp3) is 0.625. The van der Waals surface area contributed by atoms with Crippen molar-refractivity contribution in [2.24, 2.45) is 5.41 Å². The molecule has 0 unspecified atom stereocenters. The van der Waals surface area contributed by atoms with Gasteiger partial charge in [0.25, 0.3) is 0 Å². The summed E-state index contributed by atoms with van der Waals surface area (Å²) in [6, 6.07) is 4.62. The van der Waals surface area contributed by atoms with Gasteiger partial charge in [-0.2, -0.15) is 0 Å². The third-order valence-corrected chi connectivity index (χ3v) is 2.85. The summed E-state index contributed by atoms with van der Waals surface area (Å²) >= 11 is 0. The third-order valence-electron chi connectivity index (χ3n) is 2.85. The first-order valence-corrected chi connectivity index (χ1v) is 6.73. The number of hydrogen-bond donors (Lipinski definition) is 1. The van der Waals surface area contributed by atoms with Crippen LogP contribution in [0.4, 0.5) is 4.39 Å². The number of benzene rings is 1. The largest absolute Gasteiger partial charge is 0.493 e. The van der Waals surface area contributed by atoms with Crippen molar-refractivity contribution in [1.82, 2.24) is 5.32 Å². The van der Waals surface area contributed by atoms with Gasteiger partial charge in [-0.1, -0.05) is 13.8 Å². The Morgan fingerprint density at radius 1 is 1.16 bits per heavy atom. The van der Waals surface area contributed by atoms with Crippen molar-refractivity contribution < 1.29 is 9.13 Å². The number of hydrogen-bond acceptors (Lipinski definition) is 2. The normalized spacial score (nSPS) is 12.6. The topological polar surface area (TPSA) is 21.3 Å². The first-order chi connectivity index (χ1) is 8.59. The molecule has 108 valence electrons. The number of nitrogens with one attached hydrogen (secondary N) is 1. The molecule has 2 nitrogen and oxygen atoms in total. The Morgan fingerprint density at radius 3 is 2.32 bits per heavy atom. The zero-order valence-electron chi connectivity index (χ0n) is 12.9. The summed E-state index contributed by atoms with van der Waals surface area (Å²) in [5.41, 5.74) is 0.955. The summed E-state index contributed by atoms with van der Waals surface area (Å²) in [5.74, 6) is 0.531. The van der Waals surface area contributed by atoms with Crippen LogP contribution < -0.4 is 10.1 Å². The SMILES string of the molecule is Cc1cc(F)ccc1OCC(C)(C)CNC(C)(C)C. The maximum atomic E-state index is 13.0. The molecule has 0 aliphatic rings. The minimum Gasteiger partial charge on any atom is -0.493 e. The highest BCUT2D eigenvalue weighted by Gasteiger charge is 2.22. The van der Waals surface area contributed by atoms with Gasteiger partial charge in [-0.25, -0.2) is 4.39 Å². The number of rotatable bonds is 5. The Balaban J connectivity index is 2.55. The molecule has 0 spiro atoms. The lowest BCUT2D eigenvalue weighted by Gasteiger charge is -2.30. The molecule has 0 fully saturated rings. The van der Waals surface area contributed by atoms with Crippen LogP contribution in [0.25, 0.3) is 0 Å². The molecule has 0 aliphatic carbocycles. The van der Waals surface area contributed by atoms with Gasteiger partial charge in [0.1, 0.15) is 11.6 Å². The van der Waals surface area contributed by atoms with Crippen LogP contribution in [0.3, 0.4) is 0 Å². The summed E-state index contributed by atoms with van der Waals surface area (Å²) in [5, 5.41) is 3.48. The zero-order chi connectivity index (χ0) is 14.7. The van der Waals surface area contributed by atoms with Gasteiger partial charge in [-0.05, 0) is 51.5 Å². The summed E-state index contributed by atoms with van der Waals surface area (Å²) < 4.78 is 18.8. The summed E-state index contributed by atoms with van der Waals surface area (Å²) in [4.78, 5) is 0. The molecule has 0 amide bonds. The van der Waals surface area contributed by atoms with E-state index in [1.165, 1.54) is 12.1 Å². The van der Waals surface area contributed by atoms with Crippen LogP contribution in [0, 0.1) is 18.2 Å². The first kappa shape index (κ1) is 16.0. The van der Waals surface area contributed by atoms with Crippen molar-refractivity contribution in [2.75, 3.05) is 13.2 Å². The van der Waals surface area contributed by atoms with Gasteiger partial charge in [0.05, 0.1) is 6.61 Å². The Hall–Kier alpha value is -1.09. The highest BCUT2D eigenvalue weighted by molar-refractivity contribution is 5.32. The molecule has 1 aromatic carbocycles. The summed E-state index contributed by atoms with van der Waals surface area (Å²) in [6.07, 6.45) is 0. The van der Waals surface area contributed by atoms with Gasteiger partial charge >= 0.3 is 0 Å². The van der Waals surface area contributed by atoms with Crippen LogP contribution in [-0.2, 0) is 0 Å². The van der Waals surface area contributed by atoms with Crippen molar-refractivity contribution in [1.29, 1.82) is 0 Å². The zero-order valence-corrected chi connectivity index (χ0v) is 12.9. The fourth-order valence-corrected chi connectivity index (χ4v) is 1.60. The van der Waals surface area contributed by atoms with E-state index in [9.17, 15) is 4.39 Å². The molecule has 0 atom stereocenters. The molecule has 1 N–H and O–H groups in total. The van der Waals surface area contributed by atoms with Crippen molar-refractivity contribution in [3.8, 4) is 5.75 Å². The maximum absolute atomic E-state index is 13.0. The van der Waals surface area contributed by atoms with E-state index >= 15 is 0 Å². The van der Waals surface area contributed by atoms with E-state index in [0.717, 1.165) is 17.9 Å². The Labute approximate surface area is 116 Å². The lowest BCUT2D eigenvalue weighted by atomic mass is 9.93. The Kier molecular flexibility index (Phi) is 4.97. The van der Waals surface area contributed by atoms with Gasteiger partial charge in [-0.3, -0.25) is 0 Å². The average molecular weight is 267 g/mol. The molecule has 0 saturated heterocycles. The lowest BCUT2D eigenvalue weighted by Crippen LogP contribution is -2.43. The van der Waals surface area contributed by atoms with Gasteiger partial charge in [0.15, 0.2) is 0 Å². The molecule has 1 aromatic rings. The number of ether oxygens (including phenoxy) is 1. The first-order valence-electron chi connectivity index (χ1n) is 6.73. The van der Waals surface area contributed by atoms with Crippen molar-refractivity contribution in [3.63, 3.8) is 0 Å². The molecule has 3 heteroatoms. The minimum atomic E-state index is -0.224. The van der Waals surface area contributed by atoms with E-state index in [-0.39, 0.29) is 16.8 Å². The highest BCUT2D eigenvalue weighted by Crippen LogP contribution is 2.22. The van der Waals surface area contributed by atoms with Gasteiger partial charge in [0.2, 0.25) is 0 Å². The van der Waals surface area contributed by atoms with Crippen molar-refractivity contribution in [3.05, 3.63) is 29.6 Å². The van der Waals surface area contributed by atoms with E-state index in [2.05, 4.69) is 39.9 Å². The molecule has 0 aromatic heterocycles. The lowest BCUT2D eigenvalue weighted by molar-refractivity contribution is 0.165. The van der Waals surface area contributed by atoms with E-state index < -0.39 is 0 Å². The predicted octanol–water partition coefficient (Wildman–Crippen LogP) is 3.93. The summed E-state index contributed by atoms with van der Waals surface area (Å²) in [7, 11) is 0. The Morgan fingerprint density at radius 2 is 1.79 bits per heavy atom. The van der Waals surface area contributed by atoms with E-state index in [4.69, 9.17) is 4.74 Å². The van der Waals surface area contributed by atoms with E-state index in [1.54, 1.807) is 6.07 Å². The van der Waals surface area contributed by atoms with Crippen LogP contribution in [0.2, 0.25) is 0 Å². The van der Waals surface area contributed by atoms with Crippen LogP contribution in [0.5, 0.6) is 5.75 Å². The van der Waals surface area contributed by atoms with Gasteiger partial charge in [-0.15, -0.1) is 0 Å². The monoisotopic (exact) mass is 267 g/mol. The molecule has 0 bridgehead atoms. The summed E-state index contributed by atoms with van der Waals surface area (Å²) in [6.45, 7) is 14.1.